The van der Waals surface area contributed by atoms with Crippen LogP contribution in [0.5, 0.6) is 11.5 Å². The van der Waals surface area contributed by atoms with E-state index in [1.807, 2.05) is 31.1 Å². The number of benzene rings is 2. The van der Waals surface area contributed by atoms with Gasteiger partial charge in [0.15, 0.2) is 16.6 Å². The van der Waals surface area contributed by atoms with Crippen LogP contribution in [0, 0.1) is 0 Å². The van der Waals surface area contributed by atoms with Crippen LogP contribution in [0.2, 0.25) is 0 Å². The average molecular weight is 597 g/mol. The molecule has 1 unspecified atom stereocenters. The second-order valence-electron chi connectivity index (χ2n) is 9.67. The van der Waals surface area contributed by atoms with Gasteiger partial charge in [0, 0.05) is 51.0 Å². The second-order valence-corrected chi connectivity index (χ2v) is 12.7. The van der Waals surface area contributed by atoms with E-state index in [1.54, 1.807) is 24.1 Å². The number of thiazole rings is 1. The molecule has 1 fully saturated rings. The zero-order valence-corrected chi connectivity index (χ0v) is 24.6. The van der Waals surface area contributed by atoms with Gasteiger partial charge in [0.1, 0.15) is 13.2 Å². The molecule has 2 aromatic carbocycles. The summed E-state index contributed by atoms with van der Waals surface area (Å²) >= 11 is 1.40. The number of fused-ring (bicyclic) bond motifs is 2. The highest BCUT2D eigenvalue weighted by atomic mass is 35.5. The molecule has 0 aliphatic carbocycles. The Morgan fingerprint density at radius 1 is 1.03 bits per heavy atom. The summed E-state index contributed by atoms with van der Waals surface area (Å²) in [6.07, 6.45) is 1.71. The number of aromatic nitrogens is 1. The molecule has 0 bridgehead atoms. The van der Waals surface area contributed by atoms with Crippen molar-refractivity contribution in [2.45, 2.75) is 23.8 Å². The lowest BCUT2D eigenvalue weighted by molar-refractivity contribution is 0.0978. The van der Waals surface area contributed by atoms with Crippen molar-refractivity contribution in [1.82, 2.24) is 14.2 Å². The van der Waals surface area contributed by atoms with E-state index in [1.165, 1.54) is 27.8 Å². The molecule has 2 aliphatic heterocycles. The third-order valence-electron chi connectivity index (χ3n) is 6.58. The summed E-state index contributed by atoms with van der Waals surface area (Å²) in [6, 6.07) is 9.83. The molecule has 1 aromatic heterocycles. The first-order chi connectivity index (χ1) is 18.2. The van der Waals surface area contributed by atoms with Crippen molar-refractivity contribution in [1.29, 1.82) is 0 Å². The van der Waals surface area contributed by atoms with Crippen LogP contribution in [0.3, 0.4) is 0 Å². The summed E-state index contributed by atoms with van der Waals surface area (Å²) < 4.78 is 45.3. The van der Waals surface area contributed by atoms with E-state index < -0.39 is 10.0 Å². The zero-order valence-electron chi connectivity index (χ0n) is 22.2. The van der Waals surface area contributed by atoms with Crippen molar-refractivity contribution in [2.24, 2.45) is 0 Å². The largest absolute Gasteiger partial charge is 0.486 e. The molecule has 5 rings (SSSR count). The summed E-state index contributed by atoms with van der Waals surface area (Å²) in [6.45, 7) is 3.00. The number of amides is 1. The quantitative estimate of drug-likeness (QED) is 0.370. The smallest absolute Gasteiger partial charge is 0.260 e. The number of carbonyl (C=O) groups is 1. The fourth-order valence-corrected chi connectivity index (χ4v) is 6.63. The van der Waals surface area contributed by atoms with Crippen LogP contribution in [-0.4, -0.2) is 95.2 Å². The monoisotopic (exact) mass is 596 g/mol. The molecular weight excluding hydrogens is 564 g/mol. The molecule has 1 atom stereocenters. The summed E-state index contributed by atoms with van der Waals surface area (Å²) in [5.41, 5.74) is 1.11. The van der Waals surface area contributed by atoms with Crippen LogP contribution < -0.4 is 14.4 Å². The first-order valence-electron chi connectivity index (χ1n) is 12.6. The Kier molecular flexibility index (Phi) is 9.35. The van der Waals surface area contributed by atoms with Crippen molar-refractivity contribution in [3.63, 3.8) is 0 Å². The van der Waals surface area contributed by atoms with E-state index in [0.717, 1.165) is 23.1 Å². The highest BCUT2D eigenvalue weighted by molar-refractivity contribution is 7.89. The number of hydrogen-bond donors (Lipinski definition) is 0. The number of rotatable bonds is 9. The van der Waals surface area contributed by atoms with Gasteiger partial charge >= 0.3 is 0 Å². The standard InChI is InChI=1S/C26H32N4O6S2.ClH/c1-28(2)10-11-30(26-27-21-15-22-23(16-24(21)37-26)36-14-13-35-22)25(31)18-6-8-20(9-7-18)38(32,33)29(3)17-19-5-4-12-34-19;/h6-9,15-16,19H,4-5,10-14,17H2,1-3H3;1H. The van der Waals surface area contributed by atoms with Gasteiger partial charge in [-0.1, -0.05) is 11.3 Å². The van der Waals surface area contributed by atoms with Crippen molar-refractivity contribution >= 4 is 55.0 Å². The van der Waals surface area contributed by atoms with Gasteiger partial charge in [0.2, 0.25) is 10.0 Å². The molecule has 10 nitrogen and oxygen atoms in total. The highest BCUT2D eigenvalue weighted by Crippen LogP contribution is 2.39. The average Bonchev–Trinajstić information content (AvgIpc) is 3.56. The molecule has 0 saturated carbocycles. The van der Waals surface area contributed by atoms with E-state index in [0.29, 0.717) is 61.6 Å². The van der Waals surface area contributed by atoms with E-state index in [9.17, 15) is 13.2 Å². The molecule has 212 valence electrons. The van der Waals surface area contributed by atoms with E-state index in [2.05, 4.69) is 0 Å². The van der Waals surface area contributed by atoms with Crippen LogP contribution in [0.15, 0.2) is 41.3 Å². The first-order valence-corrected chi connectivity index (χ1v) is 14.8. The van der Waals surface area contributed by atoms with Gasteiger partial charge in [0.25, 0.3) is 5.91 Å². The van der Waals surface area contributed by atoms with Gasteiger partial charge in [-0.15, -0.1) is 12.4 Å². The molecule has 3 aromatic rings. The Labute approximate surface area is 238 Å². The highest BCUT2D eigenvalue weighted by Gasteiger charge is 2.27. The number of ether oxygens (including phenoxy) is 3. The Hall–Kier alpha value is -2.48. The van der Waals surface area contributed by atoms with Gasteiger partial charge in [-0.25, -0.2) is 13.4 Å². The summed E-state index contributed by atoms with van der Waals surface area (Å²) in [5.74, 6) is 1.07. The lowest BCUT2D eigenvalue weighted by atomic mass is 10.2. The molecule has 3 heterocycles. The second kappa shape index (κ2) is 12.4. The van der Waals surface area contributed by atoms with Crippen LogP contribution in [0.4, 0.5) is 5.13 Å². The lowest BCUT2D eigenvalue weighted by Crippen LogP contribution is -2.37. The number of likely N-dealkylation sites (N-methyl/N-ethyl adjacent to an activating group) is 2. The Morgan fingerprint density at radius 3 is 2.36 bits per heavy atom. The van der Waals surface area contributed by atoms with Crippen molar-refractivity contribution in [3.8, 4) is 11.5 Å². The zero-order chi connectivity index (χ0) is 26.9. The van der Waals surface area contributed by atoms with E-state index in [-0.39, 0.29) is 29.3 Å². The number of sulfonamides is 1. The first kappa shape index (κ1) is 29.5. The fraction of sp³-hybridized carbons (Fsp3) is 0.462. The Bertz CT molecular complexity index is 1360. The van der Waals surface area contributed by atoms with Gasteiger partial charge in [-0.2, -0.15) is 4.31 Å². The lowest BCUT2D eigenvalue weighted by Gasteiger charge is -2.22. The van der Waals surface area contributed by atoms with Gasteiger partial charge < -0.3 is 19.1 Å². The molecule has 0 radical (unpaired) electrons. The van der Waals surface area contributed by atoms with E-state index in [4.69, 9.17) is 19.2 Å². The van der Waals surface area contributed by atoms with Crippen molar-refractivity contribution < 1.29 is 27.4 Å². The number of anilines is 1. The maximum atomic E-state index is 13.7. The maximum absolute atomic E-state index is 13.7. The molecule has 2 aliphatic rings. The van der Waals surface area contributed by atoms with Gasteiger partial charge in [0.05, 0.1) is 21.2 Å². The molecule has 1 saturated heterocycles. The fourth-order valence-electron chi connectivity index (χ4n) is 4.43. The van der Waals surface area contributed by atoms with Gasteiger partial charge in [-0.05, 0) is 51.2 Å². The summed E-state index contributed by atoms with van der Waals surface area (Å²) in [5, 5.41) is 0.558. The van der Waals surface area contributed by atoms with Gasteiger partial charge in [-0.3, -0.25) is 9.69 Å². The summed E-state index contributed by atoms with van der Waals surface area (Å²) in [4.78, 5) is 22.2. The molecule has 0 N–H and O–H groups in total. The molecule has 39 heavy (non-hydrogen) atoms. The Balaban J connectivity index is 0.00000353. The summed E-state index contributed by atoms with van der Waals surface area (Å²) in [7, 11) is 1.74. The minimum atomic E-state index is -3.70. The number of hydrogen-bond acceptors (Lipinski definition) is 9. The molecule has 0 spiro atoms. The van der Waals surface area contributed by atoms with Crippen LogP contribution >= 0.6 is 23.7 Å². The number of nitrogens with zero attached hydrogens (tertiary/aromatic N) is 4. The van der Waals surface area contributed by atoms with Crippen LogP contribution in [0.1, 0.15) is 23.2 Å². The van der Waals surface area contributed by atoms with E-state index >= 15 is 0 Å². The minimum absolute atomic E-state index is 0. The molecular formula is C26H33ClN4O6S2. The molecule has 1 amide bonds. The van der Waals surface area contributed by atoms with Crippen molar-refractivity contribution in [3.05, 3.63) is 42.0 Å². The normalized spacial score (nSPS) is 17.0. The maximum Gasteiger partial charge on any atom is 0.260 e. The third kappa shape index (κ3) is 6.47. The predicted molar refractivity (Wildman–Crippen MR) is 153 cm³/mol. The Morgan fingerprint density at radius 2 is 1.72 bits per heavy atom. The predicted octanol–water partition coefficient (Wildman–Crippen LogP) is 3.50. The number of halogens is 1. The van der Waals surface area contributed by atoms with Crippen molar-refractivity contribution in [2.75, 3.05) is 65.5 Å². The minimum Gasteiger partial charge on any atom is -0.486 e. The molecule has 13 heteroatoms. The SMILES string of the molecule is CN(C)CCN(C(=O)c1ccc(S(=O)(=O)N(C)CC2CCCO2)cc1)c1nc2cc3c(cc2s1)OCCO3.Cl. The van der Waals surface area contributed by atoms with Crippen LogP contribution in [-0.2, 0) is 14.8 Å². The van der Waals surface area contributed by atoms with Crippen LogP contribution in [0.25, 0.3) is 10.2 Å². The topological polar surface area (TPSA) is 102 Å². The number of carbonyl (C=O) groups excluding carboxylic acids is 1. The third-order valence-corrected chi connectivity index (χ3v) is 9.46.